The molecule has 0 saturated heterocycles. The maximum atomic E-state index is 5.45. The molecule has 0 spiro atoms. The quantitative estimate of drug-likeness (QED) is 0.548. The molecule has 15 heavy (non-hydrogen) atoms. The van der Waals surface area contributed by atoms with Crippen LogP contribution in [0, 0.1) is 0 Å². The van der Waals surface area contributed by atoms with Gasteiger partial charge in [0.05, 0.1) is 0 Å². The summed E-state index contributed by atoms with van der Waals surface area (Å²) in [7, 11) is 0. The maximum Gasteiger partial charge on any atom is 0.218 e. The predicted molar refractivity (Wildman–Crippen MR) is 61.9 cm³/mol. The fraction of sp³-hybridized carbons (Fsp3) is 0.417. The Morgan fingerprint density at radius 3 is 3.20 bits per heavy atom. The Bertz CT molecular complexity index is 299. The molecule has 1 N–H and O–H groups in total. The van der Waals surface area contributed by atoms with Gasteiger partial charge in [0.1, 0.15) is 6.61 Å². The van der Waals surface area contributed by atoms with Crippen LogP contribution in [0.5, 0.6) is 5.88 Å². The Balaban J connectivity index is 2.55. The largest absolute Gasteiger partial charge is 0.473 e. The summed E-state index contributed by atoms with van der Waals surface area (Å²) >= 11 is 0. The van der Waals surface area contributed by atoms with E-state index in [9.17, 15) is 0 Å². The fourth-order valence-electron chi connectivity index (χ4n) is 1.23. The average molecular weight is 206 g/mol. The second-order valence-electron chi connectivity index (χ2n) is 3.24. The van der Waals surface area contributed by atoms with Gasteiger partial charge in [-0.15, -0.1) is 0 Å². The number of rotatable bonds is 7. The zero-order valence-corrected chi connectivity index (χ0v) is 9.20. The van der Waals surface area contributed by atoms with Crippen molar-refractivity contribution in [3.05, 3.63) is 36.5 Å². The van der Waals surface area contributed by atoms with Crippen LogP contribution < -0.4 is 10.1 Å². The standard InChI is InChI=1S/C12H18N2O/c1-3-7-13-10-11-6-5-8-14-12(11)15-9-4-2/h4-6,8,13H,2-3,7,9-10H2,1H3. The zero-order chi connectivity index (χ0) is 10.9. The Labute approximate surface area is 91.2 Å². The first kappa shape index (κ1) is 11.7. The van der Waals surface area contributed by atoms with Gasteiger partial charge in [-0.3, -0.25) is 0 Å². The van der Waals surface area contributed by atoms with Crippen molar-refractivity contribution in [3.63, 3.8) is 0 Å². The smallest absolute Gasteiger partial charge is 0.218 e. The molecule has 1 heterocycles. The summed E-state index contributed by atoms with van der Waals surface area (Å²) in [4.78, 5) is 4.18. The normalized spacial score (nSPS) is 9.93. The zero-order valence-electron chi connectivity index (χ0n) is 9.20. The van der Waals surface area contributed by atoms with E-state index in [2.05, 4.69) is 23.8 Å². The molecule has 0 unspecified atom stereocenters. The third-order valence-electron chi connectivity index (χ3n) is 1.93. The van der Waals surface area contributed by atoms with Gasteiger partial charge in [-0.1, -0.05) is 25.6 Å². The van der Waals surface area contributed by atoms with E-state index in [-0.39, 0.29) is 0 Å². The van der Waals surface area contributed by atoms with Gasteiger partial charge in [-0.25, -0.2) is 4.98 Å². The molecule has 82 valence electrons. The summed E-state index contributed by atoms with van der Waals surface area (Å²) in [6.07, 6.45) is 4.59. The lowest BCUT2D eigenvalue weighted by molar-refractivity contribution is 0.343. The first-order chi connectivity index (χ1) is 7.38. The molecular weight excluding hydrogens is 188 g/mol. The van der Waals surface area contributed by atoms with Gasteiger partial charge in [0.15, 0.2) is 0 Å². The third kappa shape index (κ3) is 4.13. The number of aromatic nitrogens is 1. The molecule has 1 aromatic rings. The van der Waals surface area contributed by atoms with Crippen LogP contribution in [0.3, 0.4) is 0 Å². The molecule has 0 amide bonds. The lowest BCUT2D eigenvalue weighted by atomic mass is 10.2. The molecule has 0 atom stereocenters. The van der Waals surface area contributed by atoms with Gasteiger partial charge < -0.3 is 10.1 Å². The summed E-state index contributed by atoms with van der Waals surface area (Å²) in [5.41, 5.74) is 1.09. The van der Waals surface area contributed by atoms with Gasteiger partial charge in [0.25, 0.3) is 0 Å². The lowest BCUT2D eigenvalue weighted by Crippen LogP contribution is -2.15. The van der Waals surface area contributed by atoms with Crippen LogP contribution in [-0.2, 0) is 6.54 Å². The molecule has 3 heteroatoms. The van der Waals surface area contributed by atoms with E-state index < -0.39 is 0 Å². The first-order valence-corrected chi connectivity index (χ1v) is 5.26. The van der Waals surface area contributed by atoms with Gasteiger partial charge in [0.2, 0.25) is 5.88 Å². The maximum absolute atomic E-state index is 5.45. The highest BCUT2D eigenvalue weighted by Crippen LogP contribution is 2.13. The molecule has 0 aliphatic rings. The lowest BCUT2D eigenvalue weighted by Gasteiger charge is -2.08. The molecule has 0 aromatic carbocycles. The minimum Gasteiger partial charge on any atom is -0.473 e. The number of ether oxygens (including phenoxy) is 1. The molecule has 1 aromatic heterocycles. The second-order valence-corrected chi connectivity index (χ2v) is 3.24. The summed E-state index contributed by atoms with van der Waals surface area (Å²) in [5, 5.41) is 3.32. The first-order valence-electron chi connectivity index (χ1n) is 5.26. The number of nitrogens with one attached hydrogen (secondary N) is 1. The number of hydrogen-bond acceptors (Lipinski definition) is 3. The van der Waals surface area contributed by atoms with Crippen molar-refractivity contribution in [1.82, 2.24) is 10.3 Å². The average Bonchev–Trinajstić information content (AvgIpc) is 2.28. The van der Waals surface area contributed by atoms with Crippen LogP contribution in [0.2, 0.25) is 0 Å². The minimum atomic E-state index is 0.498. The summed E-state index contributed by atoms with van der Waals surface area (Å²) in [6, 6.07) is 3.94. The molecule has 1 rings (SSSR count). The van der Waals surface area contributed by atoms with Crippen LogP contribution in [0.4, 0.5) is 0 Å². The van der Waals surface area contributed by atoms with Gasteiger partial charge >= 0.3 is 0 Å². The van der Waals surface area contributed by atoms with Crippen molar-refractivity contribution < 1.29 is 4.74 Å². The predicted octanol–water partition coefficient (Wildman–Crippen LogP) is 2.15. The number of hydrogen-bond donors (Lipinski definition) is 1. The van der Waals surface area contributed by atoms with Crippen molar-refractivity contribution >= 4 is 0 Å². The van der Waals surface area contributed by atoms with E-state index in [1.165, 1.54) is 0 Å². The van der Waals surface area contributed by atoms with E-state index >= 15 is 0 Å². The van der Waals surface area contributed by atoms with Crippen LogP contribution >= 0.6 is 0 Å². The summed E-state index contributed by atoms with van der Waals surface area (Å²) in [6.45, 7) is 8.06. The van der Waals surface area contributed by atoms with Crippen molar-refractivity contribution in [2.24, 2.45) is 0 Å². The molecule has 0 aliphatic carbocycles. The molecule has 0 radical (unpaired) electrons. The molecule has 0 saturated carbocycles. The summed E-state index contributed by atoms with van der Waals surface area (Å²) < 4.78 is 5.45. The Kier molecular flexibility index (Phi) is 5.48. The Hall–Kier alpha value is -1.35. The Morgan fingerprint density at radius 1 is 1.60 bits per heavy atom. The van der Waals surface area contributed by atoms with Crippen LogP contribution in [0.25, 0.3) is 0 Å². The van der Waals surface area contributed by atoms with Gasteiger partial charge in [-0.2, -0.15) is 0 Å². The highest BCUT2D eigenvalue weighted by molar-refractivity contribution is 5.25. The molecule has 0 fully saturated rings. The SMILES string of the molecule is C=CCOc1ncccc1CNCCC. The van der Waals surface area contributed by atoms with E-state index in [0.29, 0.717) is 12.5 Å². The van der Waals surface area contributed by atoms with Crippen LogP contribution in [0.1, 0.15) is 18.9 Å². The van der Waals surface area contributed by atoms with Crippen LogP contribution in [0.15, 0.2) is 31.0 Å². The third-order valence-corrected chi connectivity index (χ3v) is 1.93. The molecule has 0 aliphatic heterocycles. The van der Waals surface area contributed by atoms with E-state index in [0.717, 1.165) is 25.1 Å². The Morgan fingerprint density at radius 2 is 2.47 bits per heavy atom. The highest BCUT2D eigenvalue weighted by atomic mass is 16.5. The molecule has 0 bridgehead atoms. The van der Waals surface area contributed by atoms with Crippen LogP contribution in [-0.4, -0.2) is 18.1 Å². The molecular formula is C12H18N2O. The van der Waals surface area contributed by atoms with Crippen molar-refractivity contribution in [2.75, 3.05) is 13.2 Å². The van der Waals surface area contributed by atoms with Gasteiger partial charge in [0, 0.05) is 18.3 Å². The van der Waals surface area contributed by atoms with Crippen molar-refractivity contribution in [2.45, 2.75) is 19.9 Å². The topological polar surface area (TPSA) is 34.1 Å². The summed E-state index contributed by atoms with van der Waals surface area (Å²) in [5.74, 6) is 0.695. The fourth-order valence-corrected chi connectivity index (χ4v) is 1.23. The monoisotopic (exact) mass is 206 g/mol. The highest BCUT2D eigenvalue weighted by Gasteiger charge is 2.02. The molecule has 3 nitrogen and oxygen atoms in total. The van der Waals surface area contributed by atoms with E-state index in [1.807, 2.05) is 12.1 Å². The number of nitrogens with zero attached hydrogens (tertiary/aromatic N) is 1. The van der Waals surface area contributed by atoms with E-state index in [1.54, 1.807) is 12.3 Å². The minimum absolute atomic E-state index is 0.498. The van der Waals surface area contributed by atoms with Crippen molar-refractivity contribution in [1.29, 1.82) is 0 Å². The second kappa shape index (κ2) is 7.01. The number of pyridine rings is 1. The van der Waals surface area contributed by atoms with Crippen molar-refractivity contribution in [3.8, 4) is 5.88 Å². The van der Waals surface area contributed by atoms with Gasteiger partial charge in [-0.05, 0) is 19.0 Å². The van der Waals surface area contributed by atoms with E-state index in [4.69, 9.17) is 4.74 Å².